The van der Waals surface area contributed by atoms with Gasteiger partial charge in [0.2, 0.25) is 0 Å². The van der Waals surface area contributed by atoms with E-state index in [1.165, 1.54) is 4.90 Å². The molecule has 2 nitrogen and oxygen atoms in total. The third-order valence-corrected chi connectivity index (χ3v) is 3.40. The van der Waals surface area contributed by atoms with Crippen LogP contribution in [0, 0.1) is 0 Å². The van der Waals surface area contributed by atoms with Crippen LogP contribution in [0.2, 0.25) is 0 Å². The van der Waals surface area contributed by atoms with Crippen LogP contribution in [0.3, 0.4) is 0 Å². The topological polar surface area (TPSA) is 18.5 Å². The Kier molecular flexibility index (Phi) is 4.97. The number of thioether (sulfide) groups is 1. The summed E-state index contributed by atoms with van der Waals surface area (Å²) in [5.41, 5.74) is 0. The fourth-order valence-electron chi connectivity index (χ4n) is 1.57. The first-order chi connectivity index (χ1) is 8.90. The minimum Gasteiger partial charge on any atom is -0.493 e. The third-order valence-electron chi connectivity index (χ3n) is 2.42. The van der Waals surface area contributed by atoms with Crippen molar-refractivity contribution in [1.82, 2.24) is 0 Å². The van der Waals surface area contributed by atoms with E-state index in [2.05, 4.69) is 12.1 Å². The third kappa shape index (κ3) is 3.70. The number of rotatable bonds is 6. The van der Waals surface area contributed by atoms with Gasteiger partial charge in [0.25, 0.3) is 0 Å². The lowest BCUT2D eigenvalue weighted by atomic mass is 10.3. The SMILES string of the molecule is COc1ccccc1OCCSc1ccccc1. The zero-order chi connectivity index (χ0) is 12.6. The standard InChI is InChI=1S/C15H16O2S/c1-16-14-9-5-6-10-15(14)17-11-12-18-13-7-3-2-4-8-13/h2-10H,11-12H2,1H3. The zero-order valence-corrected chi connectivity index (χ0v) is 11.2. The number of hydrogen-bond donors (Lipinski definition) is 0. The van der Waals surface area contributed by atoms with Crippen LogP contribution in [0.4, 0.5) is 0 Å². The Morgan fingerprint density at radius 2 is 1.56 bits per heavy atom. The van der Waals surface area contributed by atoms with E-state index < -0.39 is 0 Å². The van der Waals surface area contributed by atoms with Crippen molar-refractivity contribution in [2.24, 2.45) is 0 Å². The molecule has 0 bridgehead atoms. The minimum atomic E-state index is 0.667. The average Bonchev–Trinajstić information content (AvgIpc) is 2.45. The van der Waals surface area contributed by atoms with Crippen molar-refractivity contribution in [3.8, 4) is 11.5 Å². The Labute approximate surface area is 112 Å². The molecule has 0 amide bonds. The highest BCUT2D eigenvalue weighted by molar-refractivity contribution is 7.99. The number of hydrogen-bond acceptors (Lipinski definition) is 3. The van der Waals surface area contributed by atoms with Crippen LogP contribution in [-0.4, -0.2) is 19.5 Å². The predicted molar refractivity (Wildman–Crippen MR) is 75.7 cm³/mol. The second-order valence-corrected chi connectivity index (χ2v) is 4.83. The molecule has 18 heavy (non-hydrogen) atoms. The van der Waals surface area contributed by atoms with Crippen molar-refractivity contribution in [2.75, 3.05) is 19.5 Å². The summed E-state index contributed by atoms with van der Waals surface area (Å²) in [7, 11) is 1.65. The molecule has 0 fully saturated rings. The molecule has 2 aromatic rings. The van der Waals surface area contributed by atoms with Crippen molar-refractivity contribution in [1.29, 1.82) is 0 Å². The van der Waals surface area contributed by atoms with Crippen molar-refractivity contribution < 1.29 is 9.47 Å². The van der Waals surface area contributed by atoms with Crippen LogP contribution >= 0.6 is 11.8 Å². The highest BCUT2D eigenvalue weighted by Crippen LogP contribution is 2.26. The minimum absolute atomic E-state index is 0.667. The van der Waals surface area contributed by atoms with Crippen molar-refractivity contribution in [2.45, 2.75) is 4.90 Å². The molecule has 0 spiro atoms. The van der Waals surface area contributed by atoms with E-state index >= 15 is 0 Å². The van der Waals surface area contributed by atoms with Crippen LogP contribution in [0.5, 0.6) is 11.5 Å². The van der Waals surface area contributed by atoms with E-state index in [1.807, 2.05) is 42.5 Å². The maximum Gasteiger partial charge on any atom is 0.161 e. The summed E-state index contributed by atoms with van der Waals surface area (Å²) in [5, 5.41) is 0. The van der Waals surface area contributed by atoms with Crippen LogP contribution in [-0.2, 0) is 0 Å². The molecule has 0 atom stereocenters. The van der Waals surface area contributed by atoms with Gasteiger partial charge in [-0.3, -0.25) is 0 Å². The molecule has 0 aliphatic rings. The lowest BCUT2D eigenvalue weighted by molar-refractivity contribution is 0.313. The number of ether oxygens (including phenoxy) is 2. The second kappa shape index (κ2) is 6.97. The van der Waals surface area contributed by atoms with Gasteiger partial charge >= 0.3 is 0 Å². The smallest absolute Gasteiger partial charge is 0.161 e. The van der Waals surface area contributed by atoms with Gasteiger partial charge in [0.1, 0.15) is 0 Å². The van der Waals surface area contributed by atoms with Gasteiger partial charge in [0, 0.05) is 10.6 Å². The van der Waals surface area contributed by atoms with Gasteiger partial charge in [0.05, 0.1) is 13.7 Å². The Bertz CT molecular complexity index is 471. The lowest BCUT2D eigenvalue weighted by Gasteiger charge is -2.09. The molecule has 0 saturated carbocycles. The Morgan fingerprint density at radius 1 is 0.889 bits per heavy atom. The number of benzene rings is 2. The maximum atomic E-state index is 5.70. The van der Waals surface area contributed by atoms with Gasteiger partial charge < -0.3 is 9.47 Å². The number of para-hydroxylation sites is 2. The molecule has 0 aliphatic carbocycles. The predicted octanol–water partition coefficient (Wildman–Crippen LogP) is 3.87. The van der Waals surface area contributed by atoms with E-state index in [-0.39, 0.29) is 0 Å². The first-order valence-corrected chi connectivity index (χ1v) is 6.82. The highest BCUT2D eigenvalue weighted by Gasteiger charge is 2.01. The van der Waals surface area contributed by atoms with Gasteiger partial charge in [-0.05, 0) is 24.3 Å². The van der Waals surface area contributed by atoms with Crippen molar-refractivity contribution in [3.63, 3.8) is 0 Å². The van der Waals surface area contributed by atoms with Gasteiger partial charge in [-0.25, -0.2) is 0 Å². The summed E-state index contributed by atoms with van der Waals surface area (Å²) in [5.74, 6) is 2.50. The van der Waals surface area contributed by atoms with E-state index in [1.54, 1.807) is 18.9 Å². The fraction of sp³-hybridized carbons (Fsp3) is 0.200. The molecule has 0 saturated heterocycles. The van der Waals surface area contributed by atoms with Crippen LogP contribution < -0.4 is 9.47 Å². The molecule has 0 heterocycles. The van der Waals surface area contributed by atoms with Gasteiger partial charge in [0.15, 0.2) is 11.5 Å². The molecule has 0 aromatic heterocycles. The largest absolute Gasteiger partial charge is 0.493 e. The monoisotopic (exact) mass is 260 g/mol. The van der Waals surface area contributed by atoms with E-state index in [9.17, 15) is 0 Å². The summed E-state index contributed by atoms with van der Waals surface area (Å²) in [6.07, 6.45) is 0. The van der Waals surface area contributed by atoms with Gasteiger partial charge in [-0.1, -0.05) is 30.3 Å². The van der Waals surface area contributed by atoms with Crippen molar-refractivity contribution in [3.05, 3.63) is 54.6 Å². The fourth-order valence-corrected chi connectivity index (χ4v) is 2.32. The Hall–Kier alpha value is -1.61. The van der Waals surface area contributed by atoms with Crippen LogP contribution in [0.1, 0.15) is 0 Å². The lowest BCUT2D eigenvalue weighted by Crippen LogP contribution is -2.01. The van der Waals surface area contributed by atoms with Crippen LogP contribution in [0.15, 0.2) is 59.5 Å². The molecule has 0 aliphatic heterocycles. The zero-order valence-electron chi connectivity index (χ0n) is 10.3. The molecule has 3 heteroatoms. The Balaban J connectivity index is 1.78. The number of methoxy groups -OCH3 is 1. The summed E-state index contributed by atoms with van der Waals surface area (Å²) >= 11 is 1.79. The summed E-state index contributed by atoms with van der Waals surface area (Å²) in [6, 6.07) is 18.0. The highest BCUT2D eigenvalue weighted by atomic mass is 32.2. The van der Waals surface area contributed by atoms with E-state index in [4.69, 9.17) is 9.47 Å². The molecular weight excluding hydrogens is 244 g/mol. The first-order valence-electron chi connectivity index (χ1n) is 5.84. The molecule has 2 rings (SSSR count). The van der Waals surface area contributed by atoms with E-state index in [0.717, 1.165) is 17.3 Å². The molecule has 0 radical (unpaired) electrons. The second-order valence-electron chi connectivity index (χ2n) is 3.66. The molecule has 0 unspecified atom stereocenters. The summed E-state index contributed by atoms with van der Waals surface area (Å²) in [6.45, 7) is 0.667. The van der Waals surface area contributed by atoms with E-state index in [0.29, 0.717) is 6.61 Å². The van der Waals surface area contributed by atoms with Gasteiger partial charge in [-0.15, -0.1) is 11.8 Å². The normalized spacial score (nSPS) is 10.1. The maximum absolute atomic E-state index is 5.70. The Morgan fingerprint density at radius 3 is 2.28 bits per heavy atom. The first kappa shape index (κ1) is 12.8. The molecule has 2 aromatic carbocycles. The van der Waals surface area contributed by atoms with Crippen molar-refractivity contribution >= 4 is 11.8 Å². The van der Waals surface area contributed by atoms with Gasteiger partial charge in [-0.2, -0.15) is 0 Å². The van der Waals surface area contributed by atoms with Crippen LogP contribution in [0.25, 0.3) is 0 Å². The average molecular weight is 260 g/mol. The quantitative estimate of drug-likeness (QED) is 0.580. The molecule has 0 N–H and O–H groups in total. The summed E-state index contributed by atoms with van der Waals surface area (Å²) in [4.78, 5) is 1.26. The summed E-state index contributed by atoms with van der Waals surface area (Å²) < 4.78 is 10.9. The molecule has 94 valence electrons. The molecular formula is C15H16O2S.